The molecule has 156 valence electrons. The molecule has 0 radical (unpaired) electrons. The second-order valence-electron chi connectivity index (χ2n) is 7.13. The maximum atomic E-state index is 13.3. The molecule has 2 aromatic carbocycles. The van der Waals surface area contributed by atoms with Crippen molar-refractivity contribution in [1.29, 1.82) is 0 Å². The van der Waals surface area contributed by atoms with Gasteiger partial charge in [-0.3, -0.25) is 24.6 Å². The fraction of sp³-hybridized carbons (Fsp3) is 0.250. The maximum Gasteiger partial charge on any atom is 0.325 e. The molecule has 0 aliphatic carbocycles. The number of benzene rings is 2. The van der Waals surface area contributed by atoms with Crippen molar-refractivity contribution in [2.45, 2.75) is 19.0 Å². The molecule has 1 N–H and O–H groups in total. The van der Waals surface area contributed by atoms with Crippen molar-refractivity contribution in [1.82, 2.24) is 15.1 Å². The van der Waals surface area contributed by atoms with Gasteiger partial charge in [-0.25, -0.2) is 9.18 Å². The third kappa shape index (κ3) is 3.97. The molecule has 1 unspecified atom stereocenters. The van der Waals surface area contributed by atoms with Gasteiger partial charge < -0.3 is 10.2 Å². The van der Waals surface area contributed by atoms with Gasteiger partial charge in [-0.15, -0.1) is 0 Å². The van der Waals surface area contributed by atoms with Gasteiger partial charge in [0.2, 0.25) is 5.91 Å². The van der Waals surface area contributed by atoms with Crippen LogP contribution in [0.5, 0.6) is 0 Å². The molecule has 1 saturated heterocycles. The molecule has 1 heterocycles. The first-order valence-electron chi connectivity index (χ1n) is 8.99. The Balaban J connectivity index is 1.72. The van der Waals surface area contributed by atoms with E-state index in [0.717, 1.165) is 4.90 Å². The summed E-state index contributed by atoms with van der Waals surface area (Å²) >= 11 is 0. The Morgan fingerprint density at radius 3 is 2.50 bits per heavy atom. The Labute approximate surface area is 171 Å². The Kier molecular flexibility index (Phi) is 5.50. The first-order valence-corrected chi connectivity index (χ1v) is 8.99. The molecular formula is C20H19FN4O5. The van der Waals surface area contributed by atoms with Crippen molar-refractivity contribution < 1.29 is 23.7 Å². The molecule has 9 nitrogen and oxygen atoms in total. The van der Waals surface area contributed by atoms with E-state index in [0.29, 0.717) is 11.1 Å². The first kappa shape index (κ1) is 20.9. The molecule has 1 aliphatic heterocycles. The summed E-state index contributed by atoms with van der Waals surface area (Å²) in [7, 11) is 1.49. The topological polar surface area (TPSA) is 113 Å². The minimum Gasteiger partial charge on any atom is -0.340 e. The second kappa shape index (κ2) is 7.90. The average Bonchev–Trinajstić information content (AvgIpc) is 2.92. The molecule has 2 aromatic rings. The molecule has 0 bridgehead atoms. The van der Waals surface area contributed by atoms with Crippen LogP contribution in [-0.2, 0) is 21.7 Å². The number of imide groups is 1. The quantitative estimate of drug-likeness (QED) is 0.442. The fourth-order valence-corrected chi connectivity index (χ4v) is 3.21. The summed E-state index contributed by atoms with van der Waals surface area (Å²) in [5.74, 6) is -1.58. The zero-order valence-electron chi connectivity index (χ0n) is 16.3. The minimum absolute atomic E-state index is 0.111. The lowest BCUT2D eigenvalue weighted by atomic mass is 9.92. The molecule has 0 aromatic heterocycles. The van der Waals surface area contributed by atoms with Gasteiger partial charge >= 0.3 is 6.03 Å². The number of rotatable bonds is 6. The van der Waals surface area contributed by atoms with Crippen LogP contribution >= 0.6 is 0 Å². The standard InChI is InChI=1S/C20H19FN4O5/c1-20(14-6-8-16(9-7-14)25(29)30)18(27)24(19(28)22-20)12-17(26)23(2)11-13-4-3-5-15(21)10-13/h3-10H,11-12H2,1-2H3,(H,22,28). The van der Waals surface area contributed by atoms with Crippen molar-refractivity contribution in [2.24, 2.45) is 0 Å². The Hall–Kier alpha value is -3.82. The van der Waals surface area contributed by atoms with Gasteiger partial charge in [0, 0.05) is 25.7 Å². The van der Waals surface area contributed by atoms with E-state index in [1.54, 1.807) is 6.07 Å². The van der Waals surface area contributed by atoms with Crippen LogP contribution in [0, 0.1) is 15.9 Å². The van der Waals surface area contributed by atoms with Crippen molar-refractivity contribution in [2.75, 3.05) is 13.6 Å². The molecule has 30 heavy (non-hydrogen) atoms. The van der Waals surface area contributed by atoms with Crippen molar-refractivity contribution in [3.63, 3.8) is 0 Å². The molecule has 3 rings (SSSR count). The molecule has 0 spiro atoms. The number of nitro benzene ring substituents is 1. The molecule has 1 atom stereocenters. The minimum atomic E-state index is -1.45. The average molecular weight is 414 g/mol. The number of halogens is 1. The SMILES string of the molecule is CN(Cc1cccc(F)c1)C(=O)CN1C(=O)NC(C)(c2ccc([N+](=O)[O-])cc2)C1=O. The number of urea groups is 1. The van der Waals surface area contributed by atoms with E-state index in [4.69, 9.17) is 0 Å². The summed E-state index contributed by atoms with van der Waals surface area (Å²) in [6.45, 7) is 1.09. The summed E-state index contributed by atoms with van der Waals surface area (Å²) in [5.41, 5.74) is -0.674. The largest absolute Gasteiger partial charge is 0.340 e. The van der Waals surface area contributed by atoms with Crippen LogP contribution in [0.1, 0.15) is 18.1 Å². The zero-order chi connectivity index (χ0) is 22.1. The highest BCUT2D eigenvalue weighted by Crippen LogP contribution is 2.30. The first-order chi connectivity index (χ1) is 14.1. The third-order valence-corrected chi connectivity index (χ3v) is 4.96. The van der Waals surface area contributed by atoms with E-state index in [1.807, 2.05) is 0 Å². The lowest BCUT2D eigenvalue weighted by Crippen LogP contribution is -2.43. The van der Waals surface area contributed by atoms with Crippen LogP contribution < -0.4 is 5.32 Å². The third-order valence-electron chi connectivity index (χ3n) is 4.96. The predicted octanol–water partition coefficient (Wildman–Crippen LogP) is 2.16. The number of carbonyl (C=O) groups excluding carboxylic acids is 3. The van der Waals surface area contributed by atoms with E-state index in [2.05, 4.69) is 5.32 Å². The van der Waals surface area contributed by atoms with Crippen LogP contribution in [0.2, 0.25) is 0 Å². The summed E-state index contributed by atoms with van der Waals surface area (Å²) < 4.78 is 13.3. The van der Waals surface area contributed by atoms with Gasteiger partial charge in [0.15, 0.2) is 0 Å². The molecule has 10 heteroatoms. The Morgan fingerprint density at radius 2 is 1.90 bits per heavy atom. The zero-order valence-corrected chi connectivity index (χ0v) is 16.3. The highest BCUT2D eigenvalue weighted by Gasteiger charge is 2.49. The number of nitro groups is 1. The number of hydrogen-bond acceptors (Lipinski definition) is 5. The number of hydrogen-bond donors (Lipinski definition) is 1. The highest BCUT2D eigenvalue weighted by atomic mass is 19.1. The van der Waals surface area contributed by atoms with Gasteiger partial charge in [-0.1, -0.05) is 12.1 Å². The van der Waals surface area contributed by atoms with Crippen molar-refractivity contribution in [3.05, 3.63) is 75.6 Å². The number of nitrogens with one attached hydrogen (secondary N) is 1. The van der Waals surface area contributed by atoms with Crippen molar-refractivity contribution in [3.8, 4) is 0 Å². The monoisotopic (exact) mass is 414 g/mol. The molecule has 1 fully saturated rings. The van der Waals surface area contributed by atoms with E-state index >= 15 is 0 Å². The normalized spacial score (nSPS) is 18.3. The van der Waals surface area contributed by atoms with Crippen LogP contribution in [0.25, 0.3) is 0 Å². The Bertz CT molecular complexity index is 1030. The van der Waals surface area contributed by atoms with Crippen LogP contribution in [0.3, 0.4) is 0 Å². The van der Waals surface area contributed by atoms with E-state index in [1.165, 1.54) is 61.3 Å². The number of non-ortho nitro benzene ring substituents is 1. The molecular weight excluding hydrogens is 395 g/mol. The number of amides is 4. The van der Waals surface area contributed by atoms with Gasteiger partial charge in [0.25, 0.3) is 11.6 Å². The van der Waals surface area contributed by atoms with E-state index in [9.17, 15) is 28.9 Å². The molecule has 1 aliphatic rings. The van der Waals surface area contributed by atoms with Crippen LogP contribution in [0.15, 0.2) is 48.5 Å². The number of carbonyl (C=O) groups is 3. The van der Waals surface area contributed by atoms with Gasteiger partial charge in [0.05, 0.1) is 4.92 Å². The summed E-state index contributed by atoms with van der Waals surface area (Å²) in [4.78, 5) is 50.1. The summed E-state index contributed by atoms with van der Waals surface area (Å²) in [6.07, 6.45) is 0. The fourth-order valence-electron chi connectivity index (χ4n) is 3.21. The Morgan fingerprint density at radius 1 is 1.23 bits per heavy atom. The van der Waals surface area contributed by atoms with E-state index < -0.39 is 40.7 Å². The lowest BCUT2D eigenvalue weighted by Gasteiger charge is -2.23. The highest BCUT2D eigenvalue weighted by molar-refractivity contribution is 6.09. The van der Waals surface area contributed by atoms with Crippen LogP contribution in [0.4, 0.5) is 14.9 Å². The second-order valence-corrected chi connectivity index (χ2v) is 7.13. The number of nitrogens with zero attached hydrogens (tertiary/aromatic N) is 3. The molecule has 4 amide bonds. The summed E-state index contributed by atoms with van der Waals surface area (Å²) in [6, 6.07) is 10.3. The van der Waals surface area contributed by atoms with Crippen LogP contribution in [-0.4, -0.2) is 46.2 Å². The van der Waals surface area contributed by atoms with E-state index in [-0.39, 0.29) is 12.2 Å². The lowest BCUT2D eigenvalue weighted by molar-refractivity contribution is -0.384. The maximum absolute atomic E-state index is 13.3. The van der Waals surface area contributed by atoms with Gasteiger partial charge in [-0.05, 0) is 42.3 Å². The predicted molar refractivity (Wildman–Crippen MR) is 104 cm³/mol. The smallest absolute Gasteiger partial charge is 0.325 e. The molecule has 0 saturated carbocycles. The van der Waals surface area contributed by atoms with Crippen molar-refractivity contribution >= 4 is 23.5 Å². The number of likely N-dealkylation sites (N-methyl/N-ethyl adjacent to an activating group) is 1. The summed E-state index contributed by atoms with van der Waals surface area (Å²) in [5, 5.41) is 13.4. The van der Waals surface area contributed by atoms with Gasteiger partial charge in [-0.2, -0.15) is 0 Å². The van der Waals surface area contributed by atoms with Gasteiger partial charge in [0.1, 0.15) is 17.9 Å².